The minimum Gasteiger partial charge on any atom is -0.497 e. The zero-order chi connectivity index (χ0) is 18.5. The average molecular weight is 351 g/mol. The lowest BCUT2D eigenvalue weighted by molar-refractivity contribution is -0.127. The summed E-state index contributed by atoms with van der Waals surface area (Å²) in [7, 11) is 1.64. The van der Waals surface area contributed by atoms with E-state index in [1.54, 1.807) is 7.11 Å². The summed E-state index contributed by atoms with van der Waals surface area (Å²) in [6, 6.07) is 13.6. The van der Waals surface area contributed by atoms with E-state index >= 15 is 0 Å². The third-order valence-corrected chi connectivity index (χ3v) is 4.82. The van der Waals surface area contributed by atoms with Crippen molar-refractivity contribution in [3.05, 3.63) is 48.0 Å². The monoisotopic (exact) mass is 351 g/mol. The summed E-state index contributed by atoms with van der Waals surface area (Å²) in [5, 5.41) is 2.65. The second kappa shape index (κ2) is 5.49. The summed E-state index contributed by atoms with van der Waals surface area (Å²) in [4.78, 5) is 17.3. The van der Waals surface area contributed by atoms with Crippen LogP contribution in [0.3, 0.4) is 0 Å². The highest BCUT2D eigenvalue weighted by Crippen LogP contribution is 2.48. The Morgan fingerprint density at radius 1 is 1.19 bits per heavy atom. The van der Waals surface area contributed by atoms with E-state index in [4.69, 9.17) is 15.2 Å². The molecule has 2 aliphatic rings. The molecule has 2 heterocycles. The second-order valence-electron chi connectivity index (χ2n) is 7.29. The van der Waals surface area contributed by atoms with Gasteiger partial charge in [0.2, 0.25) is 0 Å². The van der Waals surface area contributed by atoms with Crippen molar-refractivity contribution < 1.29 is 14.3 Å². The van der Waals surface area contributed by atoms with E-state index in [9.17, 15) is 4.79 Å². The van der Waals surface area contributed by atoms with Crippen molar-refractivity contribution in [3.63, 3.8) is 0 Å². The van der Waals surface area contributed by atoms with Crippen LogP contribution >= 0.6 is 0 Å². The summed E-state index contributed by atoms with van der Waals surface area (Å²) in [6.07, 6.45) is 0.418. The Bertz CT molecular complexity index is 936. The molecule has 0 bridgehead atoms. The Hall–Kier alpha value is -3.02. The fourth-order valence-electron chi connectivity index (χ4n) is 3.78. The van der Waals surface area contributed by atoms with E-state index in [2.05, 4.69) is 10.3 Å². The number of carbonyl (C=O) groups excluding carboxylic acids is 1. The van der Waals surface area contributed by atoms with Crippen molar-refractivity contribution in [2.24, 2.45) is 10.7 Å². The molecular formula is C20H21N3O3. The molecule has 1 atom stereocenters. The number of amides is 1. The van der Waals surface area contributed by atoms with Crippen LogP contribution in [0.5, 0.6) is 11.5 Å². The largest absolute Gasteiger partial charge is 0.497 e. The molecule has 6 heteroatoms. The number of nitrogens with one attached hydrogen (secondary N) is 1. The minimum absolute atomic E-state index is 0.144. The highest BCUT2D eigenvalue weighted by Gasteiger charge is 2.53. The Balaban J connectivity index is 1.89. The molecule has 2 aromatic rings. The van der Waals surface area contributed by atoms with Crippen molar-refractivity contribution >= 4 is 11.9 Å². The lowest BCUT2D eigenvalue weighted by Crippen LogP contribution is -2.48. The molecule has 134 valence electrons. The van der Waals surface area contributed by atoms with Gasteiger partial charge in [-0.25, -0.2) is 4.99 Å². The number of ether oxygens (including phenoxy) is 2. The van der Waals surface area contributed by atoms with Crippen LogP contribution in [-0.2, 0) is 10.3 Å². The normalized spacial score (nSPS) is 23.0. The van der Waals surface area contributed by atoms with E-state index in [1.165, 1.54) is 0 Å². The minimum atomic E-state index is -1.06. The maximum atomic E-state index is 12.8. The summed E-state index contributed by atoms with van der Waals surface area (Å²) >= 11 is 0. The lowest BCUT2D eigenvalue weighted by Gasteiger charge is -2.41. The number of methoxy groups -OCH3 is 1. The Morgan fingerprint density at radius 3 is 2.65 bits per heavy atom. The first-order valence-electron chi connectivity index (χ1n) is 8.48. The maximum absolute atomic E-state index is 12.8. The standard InChI is InChI=1S/C20H21N3O3/c1-19(2)11-20(17(24)22-18(21)23-20)15-10-13(7-8-16(15)26-19)12-5-4-6-14(9-12)25-3/h4-10H,11H2,1-3H3,(H3,21,22,23,24). The number of benzene rings is 2. The Kier molecular flexibility index (Phi) is 3.47. The smallest absolute Gasteiger partial charge is 0.259 e. The van der Waals surface area contributed by atoms with Gasteiger partial charge in [0.05, 0.1) is 7.11 Å². The topological polar surface area (TPSA) is 85.9 Å². The number of guanidine groups is 1. The van der Waals surface area contributed by atoms with Gasteiger partial charge in [-0.15, -0.1) is 0 Å². The Labute approximate surface area is 152 Å². The molecule has 26 heavy (non-hydrogen) atoms. The van der Waals surface area contributed by atoms with Gasteiger partial charge in [-0.1, -0.05) is 18.2 Å². The number of fused-ring (bicyclic) bond motifs is 2. The average Bonchev–Trinajstić information content (AvgIpc) is 2.87. The van der Waals surface area contributed by atoms with Crippen molar-refractivity contribution in [3.8, 4) is 22.6 Å². The molecule has 0 saturated heterocycles. The molecule has 2 aliphatic heterocycles. The first-order valence-corrected chi connectivity index (χ1v) is 8.48. The van der Waals surface area contributed by atoms with Crippen LogP contribution in [0.4, 0.5) is 0 Å². The summed E-state index contributed by atoms with van der Waals surface area (Å²) in [6.45, 7) is 3.90. The van der Waals surface area contributed by atoms with Crippen LogP contribution in [0, 0.1) is 0 Å². The molecule has 2 aromatic carbocycles. The summed E-state index contributed by atoms with van der Waals surface area (Å²) in [5.74, 6) is 1.36. The molecule has 4 rings (SSSR count). The van der Waals surface area contributed by atoms with Crippen molar-refractivity contribution in [2.45, 2.75) is 31.4 Å². The van der Waals surface area contributed by atoms with Crippen LogP contribution in [-0.4, -0.2) is 24.6 Å². The molecule has 0 saturated carbocycles. The van der Waals surface area contributed by atoms with Crippen LogP contribution in [0.2, 0.25) is 0 Å². The molecule has 0 aliphatic carbocycles. The highest BCUT2D eigenvalue weighted by molar-refractivity contribution is 6.07. The first-order chi connectivity index (χ1) is 12.3. The van der Waals surface area contributed by atoms with E-state index < -0.39 is 11.1 Å². The number of nitrogens with zero attached hydrogens (tertiary/aromatic N) is 1. The van der Waals surface area contributed by atoms with E-state index in [1.807, 2.05) is 56.3 Å². The molecule has 0 aromatic heterocycles. The highest BCUT2D eigenvalue weighted by atomic mass is 16.5. The van der Waals surface area contributed by atoms with Gasteiger partial charge < -0.3 is 15.2 Å². The van der Waals surface area contributed by atoms with Crippen molar-refractivity contribution in [1.82, 2.24) is 5.32 Å². The third-order valence-electron chi connectivity index (χ3n) is 4.82. The van der Waals surface area contributed by atoms with Gasteiger partial charge in [0, 0.05) is 12.0 Å². The van der Waals surface area contributed by atoms with Crippen molar-refractivity contribution in [2.75, 3.05) is 7.11 Å². The zero-order valence-corrected chi connectivity index (χ0v) is 15.0. The number of aliphatic imine (C=N–C) groups is 1. The Morgan fingerprint density at radius 2 is 1.96 bits per heavy atom. The molecule has 3 N–H and O–H groups in total. The van der Waals surface area contributed by atoms with E-state index in [0.717, 1.165) is 22.4 Å². The maximum Gasteiger partial charge on any atom is 0.259 e. The molecule has 1 amide bonds. The van der Waals surface area contributed by atoms with Crippen molar-refractivity contribution in [1.29, 1.82) is 0 Å². The predicted molar refractivity (Wildman–Crippen MR) is 99.2 cm³/mol. The third kappa shape index (κ3) is 2.49. The number of rotatable bonds is 2. The van der Waals surface area contributed by atoms with E-state index in [-0.39, 0.29) is 11.9 Å². The van der Waals surface area contributed by atoms with Gasteiger partial charge in [-0.05, 0) is 49.2 Å². The number of nitrogens with two attached hydrogens (primary N) is 1. The number of hydrogen-bond acceptors (Lipinski definition) is 5. The van der Waals surface area contributed by atoms with Crippen LogP contribution < -0.4 is 20.5 Å². The van der Waals surface area contributed by atoms with E-state index in [0.29, 0.717) is 12.2 Å². The molecular weight excluding hydrogens is 330 g/mol. The van der Waals surface area contributed by atoms with Gasteiger partial charge in [-0.2, -0.15) is 0 Å². The summed E-state index contributed by atoms with van der Waals surface area (Å²) < 4.78 is 11.4. The molecule has 1 unspecified atom stereocenters. The summed E-state index contributed by atoms with van der Waals surface area (Å²) in [5.41, 5.74) is 6.91. The van der Waals surface area contributed by atoms with Gasteiger partial charge in [0.15, 0.2) is 11.5 Å². The van der Waals surface area contributed by atoms with Crippen LogP contribution in [0.25, 0.3) is 11.1 Å². The molecule has 6 nitrogen and oxygen atoms in total. The number of carbonyl (C=O) groups is 1. The van der Waals surface area contributed by atoms with Gasteiger partial charge in [0.1, 0.15) is 17.1 Å². The molecule has 1 spiro atoms. The SMILES string of the molecule is COc1cccc(-c2ccc3c(c2)C2(CC(C)(C)O3)N=C(N)NC2=O)c1. The van der Waals surface area contributed by atoms with Gasteiger partial charge in [-0.3, -0.25) is 10.1 Å². The van der Waals surface area contributed by atoms with Crippen LogP contribution in [0.15, 0.2) is 47.5 Å². The molecule has 0 fully saturated rings. The zero-order valence-electron chi connectivity index (χ0n) is 15.0. The molecule has 0 radical (unpaired) electrons. The quantitative estimate of drug-likeness (QED) is 0.871. The van der Waals surface area contributed by atoms with Gasteiger partial charge in [0.25, 0.3) is 5.91 Å². The van der Waals surface area contributed by atoms with Gasteiger partial charge >= 0.3 is 0 Å². The lowest BCUT2D eigenvalue weighted by atomic mass is 9.77. The second-order valence-corrected chi connectivity index (χ2v) is 7.29. The first kappa shape index (κ1) is 16.4. The van der Waals surface area contributed by atoms with Crippen LogP contribution in [0.1, 0.15) is 25.8 Å². The number of hydrogen-bond donors (Lipinski definition) is 2. The fraction of sp³-hybridized carbons (Fsp3) is 0.300. The predicted octanol–water partition coefficient (Wildman–Crippen LogP) is 2.56. The fourth-order valence-corrected chi connectivity index (χ4v) is 3.78.